The number of aliphatic hydroxyl groups excluding tert-OH is 1. The van der Waals surface area contributed by atoms with Crippen molar-refractivity contribution in [2.24, 2.45) is 0 Å². The van der Waals surface area contributed by atoms with Crippen molar-refractivity contribution >= 4 is 5.78 Å². The van der Waals surface area contributed by atoms with E-state index in [1.165, 1.54) is 15.4 Å². The van der Waals surface area contributed by atoms with Gasteiger partial charge in [-0.05, 0) is 24.3 Å². The van der Waals surface area contributed by atoms with Crippen LogP contribution in [0.2, 0.25) is 0 Å². The summed E-state index contributed by atoms with van der Waals surface area (Å²) in [5, 5.41) is 20.9. The van der Waals surface area contributed by atoms with E-state index in [0.717, 1.165) is 0 Å². The van der Waals surface area contributed by atoms with Crippen molar-refractivity contribution in [1.82, 2.24) is 24.4 Å². The highest BCUT2D eigenvalue weighted by atomic mass is 16.5. The minimum atomic E-state index is -0.324. The predicted molar refractivity (Wildman–Crippen MR) is 74.1 cm³/mol. The zero-order valence-corrected chi connectivity index (χ0v) is 11.3. The second kappa shape index (κ2) is 5.33. The molecule has 0 aliphatic rings. The van der Waals surface area contributed by atoms with Crippen molar-refractivity contribution in [1.29, 1.82) is 0 Å². The number of nitrogens with zero attached hydrogens (tertiary/aromatic N) is 5. The molecule has 0 spiro atoms. The molecule has 0 saturated carbocycles. The average Bonchev–Trinajstić information content (AvgIpc) is 2.98. The molecule has 0 bridgehead atoms. The summed E-state index contributed by atoms with van der Waals surface area (Å²) in [6.07, 6.45) is 1.41. The number of hydrogen-bond donors (Lipinski definition) is 1. The molecule has 8 nitrogen and oxygen atoms in total. The summed E-state index contributed by atoms with van der Waals surface area (Å²) in [6, 6.07) is 7.01. The Labute approximate surface area is 119 Å². The first-order valence-corrected chi connectivity index (χ1v) is 6.30. The van der Waals surface area contributed by atoms with Gasteiger partial charge in [-0.3, -0.25) is 9.36 Å². The Morgan fingerprint density at radius 3 is 2.71 bits per heavy atom. The van der Waals surface area contributed by atoms with Gasteiger partial charge in [0.05, 0.1) is 20.3 Å². The zero-order valence-electron chi connectivity index (χ0n) is 11.3. The SMILES string of the molecule is COc1ccc(-c2nn3cnnc3n(CCO)c2=O)cc1. The molecule has 1 N–H and O–H groups in total. The Hall–Kier alpha value is -2.74. The van der Waals surface area contributed by atoms with Crippen LogP contribution in [0.15, 0.2) is 35.4 Å². The Morgan fingerprint density at radius 2 is 2.05 bits per heavy atom. The molecular formula is C13H13N5O3. The molecule has 21 heavy (non-hydrogen) atoms. The molecule has 8 heteroatoms. The van der Waals surface area contributed by atoms with E-state index in [-0.39, 0.29) is 24.4 Å². The summed E-state index contributed by atoms with van der Waals surface area (Å²) in [6.45, 7) is -0.0405. The van der Waals surface area contributed by atoms with Crippen LogP contribution in [-0.4, -0.2) is 43.2 Å². The fraction of sp³-hybridized carbons (Fsp3) is 0.231. The molecule has 0 atom stereocenters. The highest BCUT2D eigenvalue weighted by molar-refractivity contribution is 5.59. The Kier molecular flexibility index (Phi) is 3.36. The van der Waals surface area contributed by atoms with Crippen LogP contribution in [0.3, 0.4) is 0 Å². The van der Waals surface area contributed by atoms with Crippen LogP contribution in [0, 0.1) is 0 Å². The number of rotatable bonds is 4. The normalized spacial score (nSPS) is 11.0. The molecule has 1 aromatic carbocycles. The van der Waals surface area contributed by atoms with Crippen molar-refractivity contribution in [2.45, 2.75) is 6.54 Å². The highest BCUT2D eigenvalue weighted by Crippen LogP contribution is 2.18. The molecule has 3 aromatic rings. The van der Waals surface area contributed by atoms with E-state index in [1.807, 2.05) is 0 Å². The van der Waals surface area contributed by atoms with Crippen molar-refractivity contribution in [2.75, 3.05) is 13.7 Å². The van der Waals surface area contributed by atoms with Crippen LogP contribution in [0.4, 0.5) is 0 Å². The molecule has 2 aromatic heterocycles. The lowest BCUT2D eigenvalue weighted by molar-refractivity contribution is 0.275. The maximum absolute atomic E-state index is 12.5. The number of methoxy groups -OCH3 is 1. The van der Waals surface area contributed by atoms with Crippen molar-refractivity contribution in [3.63, 3.8) is 0 Å². The molecule has 0 amide bonds. The number of hydrogen-bond acceptors (Lipinski definition) is 6. The van der Waals surface area contributed by atoms with E-state index in [0.29, 0.717) is 17.1 Å². The third-order valence-corrected chi connectivity index (χ3v) is 3.10. The molecule has 0 fully saturated rings. The van der Waals surface area contributed by atoms with Gasteiger partial charge in [-0.25, -0.2) is 0 Å². The molecule has 0 aliphatic carbocycles. The summed E-state index contributed by atoms with van der Waals surface area (Å²) in [4.78, 5) is 12.5. The van der Waals surface area contributed by atoms with E-state index in [4.69, 9.17) is 9.84 Å². The highest BCUT2D eigenvalue weighted by Gasteiger charge is 2.14. The third kappa shape index (κ3) is 2.25. The number of ether oxygens (including phenoxy) is 1. The minimum absolute atomic E-state index is 0.132. The van der Waals surface area contributed by atoms with Crippen molar-refractivity contribution in [3.05, 3.63) is 40.9 Å². The molecule has 3 rings (SSSR count). The Balaban J connectivity index is 2.21. The van der Waals surface area contributed by atoms with E-state index < -0.39 is 0 Å². The lowest BCUT2D eigenvalue weighted by Gasteiger charge is -2.08. The van der Waals surface area contributed by atoms with Gasteiger partial charge in [-0.1, -0.05) is 0 Å². The van der Waals surface area contributed by atoms with E-state index in [9.17, 15) is 4.79 Å². The van der Waals surface area contributed by atoms with Gasteiger partial charge in [0.1, 0.15) is 12.1 Å². The van der Waals surface area contributed by atoms with Gasteiger partial charge in [-0.15, -0.1) is 10.2 Å². The van der Waals surface area contributed by atoms with Gasteiger partial charge >= 0.3 is 0 Å². The first-order chi connectivity index (χ1) is 10.2. The van der Waals surface area contributed by atoms with Crippen molar-refractivity contribution in [3.8, 4) is 17.0 Å². The molecule has 2 heterocycles. The molecule has 0 unspecified atom stereocenters. The summed E-state index contributed by atoms with van der Waals surface area (Å²) in [5.74, 6) is 0.992. The quantitative estimate of drug-likeness (QED) is 0.723. The second-order valence-electron chi connectivity index (χ2n) is 4.33. The largest absolute Gasteiger partial charge is 0.497 e. The summed E-state index contributed by atoms with van der Waals surface area (Å²) >= 11 is 0. The number of aliphatic hydroxyl groups is 1. The first-order valence-electron chi connectivity index (χ1n) is 6.30. The van der Waals surface area contributed by atoms with E-state index in [1.54, 1.807) is 31.4 Å². The Morgan fingerprint density at radius 1 is 1.29 bits per heavy atom. The van der Waals surface area contributed by atoms with Crippen LogP contribution in [0.5, 0.6) is 5.75 Å². The molecule has 0 aliphatic heterocycles. The average molecular weight is 287 g/mol. The topological polar surface area (TPSA) is 94.5 Å². The summed E-state index contributed by atoms with van der Waals surface area (Å²) < 4.78 is 7.85. The van der Waals surface area contributed by atoms with Gasteiger partial charge in [0.15, 0.2) is 5.69 Å². The van der Waals surface area contributed by atoms with E-state index >= 15 is 0 Å². The third-order valence-electron chi connectivity index (χ3n) is 3.10. The maximum Gasteiger partial charge on any atom is 0.281 e. The van der Waals surface area contributed by atoms with E-state index in [2.05, 4.69) is 15.3 Å². The summed E-state index contributed by atoms with van der Waals surface area (Å²) in [5.41, 5.74) is 0.594. The van der Waals surface area contributed by atoms with Crippen LogP contribution < -0.4 is 10.3 Å². The molecule has 108 valence electrons. The molecule has 0 saturated heterocycles. The van der Waals surface area contributed by atoms with Crippen LogP contribution in [0.25, 0.3) is 17.0 Å². The van der Waals surface area contributed by atoms with Gasteiger partial charge in [0.2, 0.25) is 0 Å². The van der Waals surface area contributed by atoms with Gasteiger partial charge < -0.3 is 9.84 Å². The predicted octanol–water partition coefficient (Wildman–Crippen LogP) is -0.0461. The monoisotopic (exact) mass is 287 g/mol. The molecule has 0 radical (unpaired) electrons. The van der Waals surface area contributed by atoms with Gasteiger partial charge in [0.25, 0.3) is 11.3 Å². The number of fused-ring (bicyclic) bond motifs is 1. The van der Waals surface area contributed by atoms with Crippen LogP contribution in [-0.2, 0) is 6.54 Å². The lowest BCUT2D eigenvalue weighted by Crippen LogP contribution is -2.27. The van der Waals surface area contributed by atoms with Crippen molar-refractivity contribution < 1.29 is 9.84 Å². The lowest BCUT2D eigenvalue weighted by atomic mass is 10.1. The maximum atomic E-state index is 12.5. The molecular weight excluding hydrogens is 274 g/mol. The number of aromatic nitrogens is 5. The zero-order chi connectivity index (χ0) is 14.8. The fourth-order valence-electron chi connectivity index (χ4n) is 2.07. The van der Waals surface area contributed by atoms with Crippen LogP contribution >= 0.6 is 0 Å². The Bertz CT molecular complexity index is 822. The van der Waals surface area contributed by atoms with Gasteiger partial charge in [-0.2, -0.15) is 9.61 Å². The smallest absolute Gasteiger partial charge is 0.281 e. The number of benzene rings is 1. The first kappa shape index (κ1) is 13.3. The summed E-state index contributed by atoms with van der Waals surface area (Å²) in [7, 11) is 1.57. The van der Waals surface area contributed by atoms with Gasteiger partial charge in [0, 0.05) is 5.56 Å². The minimum Gasteiger partial charge on any atom is -0.497 e. The second-order valence-corrected chi connectivity index (χ2v) is 4.33. The fourth-order valence-corrected chi connectivity index (χ4v) is 2.07. The van der Waals surface area contributed by atoms with Crippen LogP contribution in [0.1, 0.15) is 0 Å². The standard InChI is InChI=1S/C13H13N5O3/c1-21-10-4-2-9(3-5-10)11-12(20)17(6-7-19)13-15-14-8-18(13)16-11/h2-5,8,19H,6-7H2,1H3.